The molecular formula is C14H14N4. The Hall–Kier alpha value is -2.23. The van der Waals surface area contributed by atoms with Crippen molar-refractivity contribution in [2.45, 2.75) is 13.8 Å². The second kappa shape index (κ2) is 3.91. The Balaban J connectivity index is 2.30. The molecular weight excluding hydrogens is 224 g/mol. The summed E-state index contributed by atoms with van der Waals surface area (Å²) >= 11 is 0. The van der Waals surface area contributed by atoms with E-state index in [1.54, 1.807) is 6.20 Å². The molecule has 0 atom stereocenters. The van der Waals surface area contributed by atoms with Crippen molar-refractivity contribution >= 4 is 11.0 Å². The van der Waals surface area contributed by atoms with E-state index in [-0.39, 0.29) is 0 Å². The SMILES string of the molecule is Cc1ccc(-c2c3nc(C)ncc3nn2C)cc1. The van der Waals surface area contributed by atoms with Crippen molar-refractivity contribution in [1.82, 2.24) is 19.7 Å². The van der Waals surface area contributed by atoms with Crippen LogP contribution >= 0.6 is 0 Å². The van der Waals surface area contributed by atoms with Crippen molar-refractivity contribution in [2.75, 3.05) is 0 Å². The predicted molar refractivity (Wildman–Crippen MR) is 71.2 cm³/mol. The maximum absolute atomic E-state index is 4.50. The Morgan fingerprint density at radius 1 is 1.06 bits per heavy atom. The van der Waals surface area contributed by atoms with E-state index in [0.29, 0.717) is 0 Å². The molecule has 4 nitrogen and oxygen atoms in total. The van der Waals surface area contributed by atoms with Crippen molar-refractivity contribution in [3.63, 3.8) is 0 Å². The van der Waals surface area contributed by atoms with Gasteiger partial charge in [-0.25, -0.2) is 9.97 Å². The molecule has 0 spiro atoms. The molecule has 1 aromatic carbocycles. The van der Waals surface area contributed by atoms with Crippen LogP contribution in [0.15, 0.2) is 30.5 Å². The second-order valence-corrected chi connectivity index (χ2v) is 4.49. The van der Waals surface area contributed by atoms with Gasteiger partial charge in [0.1, 0.15) is 16.9 Å². The molecule has 0 radical (unpaired) electrons. The number of aryl methyl sites for hydroxylation is 3. The summed E-state index contributed by atoms with van der Waals surface area (Å²) in [5.41, 5.74) is 5.16. The van der Waals surface area contributed by atoms with Crippen molar-refractivity contribution in [1.29, 1.82) is 0 Å². The van der Waals surface area contributed by atoms with Gasteiger partial charge in [-0.05, 0) is 13.8 Å². The van der Waals surface area contributed by atoms with Crippen LogP contribution in [0.25, 0.3) is 22.3 Å². The Morgan fingerprint density at radius 3 is 2.50 bits per heavy atom. The minimum atomic E-state index is 0.767. The first kappa shape index (κ1) is 10.9. The van der Waals surface area contributed by atoms with E-state index < -0.39 is 0 Å². The minimum Gasteiger partial charge on any atom is -0.265 e. The summed E-state index contributed by atoms with van der Waals surface area (Å²) in [6, 6.07) is 8.40. The lowest BCUT2D eigenvalue weighted by molar-refractivity contribution is 0.787. The molecule has 0 unspecified atom stereocenters. The van der Waals surface area contributed by atoms with Crippen molar-refractivity contribution in [3.8, 4) is 11.3 Å². The molecule has 2 heterocycles. The third kappa shape index (κ3) is 1.66. The Kier molecular flexibility index (Phi) is 2.37. The average Bonchev–Trinajstić information content (AvgIpc) is 2.66. The number of rotatable bonds is 1. The van der Waals surface area contributed by atoms with E-state index in [1.807, 2.05) is 18.7 Å². The minimum absolute atomic E-state index is 0.767. The van der Waals surface area contributed by atoms with Gasteiger partial charge in [0.15, 0.2) is 0 Å². The maximum Gasteiger partial charge on any atom is 0.130 e. The van der Waals surface area contributed by atoms with Gasteiger partial charge in [-0.2, -0.15) is 5.10 Å². The van der Waals surface area contributed by atoms with E-state index in [4.69, 9.17) is 0 Å². The molecule has 0 saturated heterocycles. The van der Waals surface area contributed by atoms with Crippen LogP contribution in [0.3, 0.4) is 0 Å². The van der Waals surface area contributed by atoms with E-state index in [2.05, 4.69) is 46.3 Å². The fourth-order valence-corrected chi connectivity index (χ4v) is 2.11. The van der Waals surface area contributed by atoms with Crippen LogP contribution in [0, 0.1) is 13.8 Å². The molecule has 90 valence electrons. The van der Waals surface area contributed by atoms with Gasteiger partial charge in [-0.1, -0.05) is 29.8 Å². The molecule has 4 heteroatoms. The predicted octanol–water partition coefficient (Wildman–Crippen LogP) is 2.65. The van der Waals surface area contributed by atoms with Gasteiger partial charge in [0, 0.05) is 12.6 Å². The van der Waals surface area contributed by atoms with Gasteiger partial charge in [0.2, 0.25) is 0 Å². The zero-order valence-electron chi connectivity index (χ0n) is 10.7. The van der Waals surface area contributed by atoms with E-state index in [1.165, 1.54) is 5.56 Å². The fraction of sp³-hybridized carbons (Fsp3) is 0.214. The zero-order chi connectivity index (χ0) is 12.7. The van der Waals surface area contributed by atoms with Gasteiger partial charge < -0.3 is 0 Å². The van der Waals surface area contributed by atoms with Crippen LogP contribution in [-0.4, -0.2) is 19.7 Å². The van der Waals surface area contributed by atoms with Crippen LogP contribution < -0.4 is 0 Å². The number of hydrogen-bond acceptors (Lipinski definition) is 3. The highest BCUT2D eigenvalue weighted by molar-refractivity contribution is 5.89. The van der Waals surface area contributed by atoms with Gasteiger partial charge in [-0.15, -0.1) is 0 Å². The Labute approximate surface area is 105 Å². The third-order valence-corrected chi connectivity index (χ3v) is 3.02. The molecule has 0 aliphatic carbocycles. The number of aromatic nitrogens is 4. The first-order chi connectivity index (χ1) is 8.65. The lowest BCUT2D eigenvalue weighted by atomic mass is 10.1. The molecule has 3 aromatic rings. The van der Waals surface area contributed by atoms with Gasteiger partial charge in [0.25, 0.3) is 0 Å². The first-order valence-electron chi connectivity index (χ1n) is 5.88. The van der Waals surface area contributed by atoms with Crippen molar-refractivity contribution in [3.05, 3.63) is 41.9 Å². The van der Waals surface area contributed by atoms with Crippen LogP contribution in [0.1, 0.15) is 11.4 Å². The maximum atomic E-state index is 4.50. The summed E-state index contributed by atoms with van der Waals surface area (Å²) in [4.78, 5) is 8.68. The summed E-state index contributed by atoms with van der Waals surface area (Å²) in [5.74, 6) is 0.767. The molecule has 0 fully saturated rings. The summed E-state index contributed by atoms with van der Waals surface area (Å²) in [6.07, 6.45) is 1.77. The highest BCUT2D eigenvalue weighted by Crippen LogP contribution is 2.26. The largest absolute Gasteiger partial charge is 0.265 e. The lowest BCUT2D eigenvalue weighted by Gasteiger charge is -2.03. The number of hydrogen-bond donors (Lipinski definition) is 0. The van der Waals surface area contributed by atoms with Crippen LogP contribution in [0.5, 0.6) is 0 Å². The zero-order valence-corrected chi connectivity index (χ0v) is 10.7. The van der Waals surface area contributed by atoms with Crippen molar-refractivity contribution in [2.24, 2.45) is 7.05 Å². The van der Waals surface area contributed by atoms with E-state index >= 15 is 0 Å². The molecule has 0 aliphatic heterocycles. The highest BCUT2D eigenvalue weighted by Gasteiger charge is 2.12. The lowest BCUT2D eigenvalue weighted by Crippen LogP contribution is -1.94. The van der Waals surface area contributed by atoms with Gasteiger partial charge in [-0.3, -0.25) is 4.68 Å². The molecule has 0 aliphatic rings. The van der Waals surface area contributed by atoms with E-state index in [9.17, 15) is 0 Å². The summed E-state index contributed by atoms with van der Waals surface area (Å²) in [5, 5.41) is 4.44. The normalized spacial score (nSPS) is 11.1. The summed E-state index contributed by atoms with van der Waals surface area (Å²) in [6.45, 7) is 3.98. The fourth-order valence-electron chi connectivity index (χ4n) is 2.11. The standard InChI is InChI=1S/C14H14N4/c1-9-4-6-11(7-5-9)14-13-12(17-18(14)3)8-15-10(2)16-13/h4-8H,1-3H3. The third-order valence-electron chi connectivity index (χ3n) is 3.02. The highest BCUT2D eigenvalue weighted by atomic mass is 15.3. The van der Waals surface area contributed by atoms with Crippen LogP contribution in [-0.2, 0) is 7.05 Å². The second-order valence-electron chi connectivity index (χ2n) is 4.49. The quantitative estimate of drug-likeness (QED) is 0.654. The molecule has 0 N–H and O–H groups in total. The molecule has 18 heavy (non-hydrogen) atoms. The molecule has 0 bridgehead atoms. The Bertz CT molecular complexity index is 710. The molecule has 2 aromatic heterocycles. The number of nitrogens with zero attached hydrogens (tertiary/aromatic N) is 4. The first-order valence-corrected chi connectivity index (χ1v) is 5.88. The summed E-state index contributed by atoms with van der Waals surface area (Å²) < 4.78 is 1.86. The monoisotopic (exact) mass is 238 g/mol. The topological polar surface area (TPSA) is 43.6 Å². The number of benzene rings is 1. The summed E-state index contributed by atoms with van der Waals surface area (Å²) in [7, 11) is 1.94. The van der Waals surface area contributed by atoms with Gasteiger partial charge >= 0.3 is 0 Å². The van der Waals surface area contributed by atoms with Crippen LogP contribution in [0.2, 0.25) is 0 Å². The molecule has 0 saturated carbocycles. The van der Waals surface area contributed by atoms with Crippen molar-refractivity contribution < 1.29 is 0 Å². The number of fused-ring (bicyclic) bond motifs is 1. The van der Waals surface area contributed by atoms with Crippen LogP contribution in [0.4, 0.5) is 0 Å². The van der Waals surface area contributed by atoms with Gasteiger partial charge in [0.05, 0.1) is 11.9 Å². The Morgan fingerprint density at radius 2 is 1.78 bits per heavy atom. The average molecular weight is 238 g/mol. The smallest absolute Gasteiger partial charge is 0.130 e. The van der Waals surface area contributed by atoms with E-state index in [0.717, 1.165) is 28.1 Å². The molecule has 0 amide bonds. The molecule has 3 rings (SSSR count).